The van der Waals surface area contributed by atoms with Crippen molar-refractivity contribution >= 4 is 23.1 Å². The molecule has 1 aromatic carbocycles. The van der Waals surface area contributed by atoms with Gasteiger partial charge in [-0.05, 0) is 31.2 Å². The molecule has 0 aromatic heterocycles. The third-order valence-electron chi connectivity index (χ3n) is 1.95. The Morgan fingerprint density at radius 1 is 1.37 bits per heavy atom. The molecule has 3 nitrogen and oxygen atoms in total. The van der Waals surface area contributed by atoms with Gasteiger partial charge in [-0.15, -0.1) is 0 Å². The third-order valence-corrected chi connectivity index (χ3v) is 2.21. The van der Waals surface area contributed by atoms with Crippen molar-refractivity contribution in [3.63, 3.8) is 0 Å². The Hall–Kier alpha value is -1.69. The number of ether oxygens (including phenoxy) is 1. The van der Waals surface area contributed by atoms with Gasteiger partial charge in [-0.3, -0.25) is 4.79 Å². The molecule has 0 spiro atoms. The van der Waals surface area contributed by atoms with Crippen molar-refractivity contribution in [2.45, 2.75) is 13.1 Å². The van der Waals surface area contributed by atoms with Gasteiger partial charge in [0.25, 0.3) is 5.78 Å². The van der Waals surface area contributed by atoms with Crippen LogP contribution < -0.4 is 5.32 Å². The summed E-state index contributed by atoms with van der Waals surface area (Å²) in [6.07, 6.45) is -4.55. The van der Waals surface area contributed by atoms with Gasteiger partial charge in [-0.1, -0.05) is 11.6 Å². The SMILES string of the molecule is CCO/C(=C\C(=O)C(F)(F)F)Nc1ccc(Cl)cc1. The van der Waals surface area contributed by atoms with Gasteiger partial charge < -0.3 is 10.1 Å². The van der Waals surface area contributed by atoms with Gasteiger partial charge in [0.1, 0.15) is 0 Å². The molecule has 1 rings (SSSR count). The molecule has 0 bridgehead atoms. The molecule has 104 valence electrons. The Morgan fingerprint density at radius 3 is 2.42 bits per heavy atom. The number of carbonyl (C=O) groups excluding carboxylic acids is 1. The topological polar surface area (TPSA) is 38.3 Å². The van der Waals surface area contributed by atoms with Crippen LogP contribution in [0.4, 0.5) is 18.9 Å². The average molecular weight is 294 g/mol. The number of rotatable bonds is 5. The van der Waals surface area contributed by atoms with Crippen LogP contribution in [-0.4, -0.2) is 18.6 Å². The molecule has 1 N–H and O–H groups in total. The van der Waals surface area contributed by atoms with E-state index in [1.54, 1.807) is 31.2 Å². The maximum Gasteiger partial charge on any atom is 0.454 e. The summed E-state index contributed by atoms with van der Waals surface area (Å²) in [6, 6.07) is 6.21. The molecule has 0 atom stereocenters. The van der Waals surface area contributed by atoms with Crippen LogP contribution in [0.3, 0.4) is 0 Å². The second-order valence-electron chi connectivity index (χ2n) is 3.44. The van der Waals surface area contributed by atoms with Gasteiger partial charge in [-0.2, -0.15) is 13.2 Å². The van der Waals surface area contributed by atoms with Gasteiger partial charge in [-0.25, -0.2) is 0 Å². The summed E-state index contributed by atoms with van der Waals surface area (Å²) in [4.78, 5) is 10.9. The van der Waals surface area contributed by atoms with Gasteiger partial charge >= 0.3 is 6.18 Å². The van der Waals surface area contributed by atoms with Crippen LogP contribution in [-0.2, 0) is 9.53 Å². The van der Waals surface area contributed by atoms with E-state index in [0.717, 1.165) is 0 Å². The van der Waals surface area contributed by atoms with E-state index < -0.39 is 12.0 Å². The molecule has 0 aliphatic heterocycles. The first-order valence-electron chi connectivity index (χ1n) is 5.31. The van der Waals surface area contributed by atoms with Gasteiger partial charge in [0, 0.05) is 10.7 Å². The lowest BCUT2D eigenvalue weighted by Gasteiger charge is -2.12. The Kier molecular flexibility index (Phi) is 5.23. The molecule has 0 radical (unpaired) electrons. The van der Waals surface area contributed by atoms with E-state index in [9.17, 15) is 18.0 Å². The number of benzene rings is 1. The molecule has 1 aromatic rings. The zero-order chi connectivity index (χ0) is 14.5. The lowest BCUT2D eigenvalue weighted by atomic mass is 10.3. The van der Waals surface area contributed by atoms with Crippen molar-refractivity contribution in [1.29, 1.82) is 0 Å². The molecule has 0 aliphatic rings. The molecule has 0 saturated carbocycles. The number of hydrogen-bond donors (Lipinski definition) is 1. The van der Waals surface area contributed by atoms with Gasteiger partial charge in [0.2, 0.25) is 0 Å². The van der Waals surface area contributed by atoms with Crippen LogP contribution in [0.5, 0.6) is 0 Å². The second kappa shape index (κ2) is 6.47. The highest BCUT2D eigenvalue weighted by molar-refractivity contribution is 6.30. The minimum absolute atomic E-state index is 0.123. The first-order valence-corrected chi connectivity index (χ1v) is 5.69. The predicted octanol–water partition coefficient (Wildman–Crippen LogP) is 3.76. The summed E-state index contributed by atoms with van der Waals surface area (Å²) in [6.45, 7) is 1.72. The standard InChI is InChI=1S/C12H11ClF3NO2/c1-2-19-11(7-10(18)12(14,15)16)17-9-5-3-8(13)4-6-9/h3-7,17H,2H2,1H3/b11-7-. The number of nitrogens with one attached hydrogen (secondary N) is 1. The first kappa shape index (κ1) is 15.4. The van der Waals surface area contributed by atoms with E-state index in [1.807, 2.05) is 0 Å². The van der Waals surface area contributed by atoms with Crippen molar-refractivity contribution in [3.8, 4) is 0 Å². The molecule has 7 heteroatoms. The fourth-order valence-corrected chi connectivity index (χ4v) is 1.27. The maximum absolute atomic E-state index is 12.1. The number of hydrogen-bond acceptors (Lipinski definition) is 3. The molecule has 0 heterocycles. The minimum atomic E-state index is -4.93. The van der Waals surface area contributed by atoms with E-state index in [0.29, 0.717) is 16.8 Å². The zero-order valence-electron chi connectivity index (χ0n) is 9.92. The lowest BCUT2D eigenvalue weighted by Crippen LogP contribution is -2.22. The molecule has 19 heavy (non-hydrogen) atoms. The fraction of sp³-hybridized carbons (Fsp3) is 0.250. The summed E-state index contributed by atoms with van der Waals surface area (Å²) in [5, 5.41) is 3.05. The number of halogens is 4. The number of allylic oxidation sites excluding steroid dienone is 1. The summed E-state index contributed by atoms with van der Waals surface area (Å²) >= 11 is 5.68. The normalized spacial score (nSPS) is 12.2. The molecule has 0 fully saturated rings. The van der Waals surface area contributed by atoms with Crippen LogP contribution in [0.15, 0.2) is 36.2 Å². The Bertz CT molecular complexity index is 469. The Balaban J connectivity index is 2.86. The van der Waals surface area contributed by atoms with Crippen LogP contribution >= 0.6 is 11.6 Å². The second-order valence-corrected chi connectivity index (χ2v) is 3.87. The Morgan fingerprint density at radius 2 is 1.95 bits per heavy atom. The lowest BCUT2D eigenvalue weighted by molar-refractivity contribution is -0.165. The predicted molar refractivity (Wildman–Crippen MR) is 65.8 cm³/mol. The quantitative estimate of drug-likeness (QED) is 0.663. The van der Waals surface area contributed by atoms with Crippen LogP contribution in [0.25, 0.3) is 0 Å². The molecule has 0 unspecified atom stereocenters. The molecule has 0 aliphatic carbocycles. The summed E-state index contributed by atoms with van der Waals surface area (Å²) in [5.41, 5.74) is 0.457. The van der Waals surface area contributed by atoms with Gasteiger partial charge in [0.15, 0.2) is 5.88 Å². The van der Waals surface area contributed by atoms with Crippen molar-refractivity contribution in [2.75, 3.05) is 11.9 Å². The van der Waals surface area contributed by atoms with Crippen molar-refractivity contribution in [1.82, 2.24) is 0 Å². The maximum atomic E-state index is 12.1. The number of alkyl halides is 3. The smallest absolute Gasteiger partial charge is 0.454 e. The molecular weight excluding hydrogens is 283 g/mol. The fourth-order valence-electron chi connectivity index (χ4n) is 1.15. The van der Waals surface area contributed by atoms with E-state index in [2.05, 4.69) is 5.32 Å². The van der Waals surface area contributed by atoms with E-state index in [4.69, 9.17) is 16.3 Å². The molecule has 0 saturated heterocycles. The molecular formula is C12H11ClF3NO2. The number of ketones is 1. The summed E-state index contributed by atoms with van der Waals surface area (Å²) < 4.78 is 41.4. The van der Waals surface area contributed by atoms with Crippen molar-refractivity contribution in [2.24, 2.45) is 0 Å². The van der Waals surface area contributed by atoms with Gasteiger partial charge in [0.05, 0.1) is 12.7 Å². The van der Waals surface area contributed by atoms with Crippen LogP contribution in [0.2, 0.25) is 5.02 Å². The summed E-state index contributed by atoms with van der Waals surface area (Å²) in [5.74, 6) is -2.26. The third kappa shape index (κ3) is 5.21. The monoisotopic (exact) mass is 293 g/mol. The largest absolute Gasteiger partial charge is 0.479 e. The first-order chi connectivity index (χ1) is 8.82. The van der Waals surface area contributed by atoms with E-state index in [-0.39, 0.29) is 12.5 Å². The highest BCUT2D eigenvalue weighted by atomic mass is 35.5. The van der Waals surface area contributed by atoms with Crippen molar-refractivity contribution in [3.05, 3.63) is 41.2 Å². The highest BCUT2D eigenvalue weighted by Gasteiger charge is 2.37. The minimum Gasteiger partial charge on any atom is -0.479 e. The van der Waals surface area contributed by atoms with E-state index in [1.165, 1.54) is 0 Å². The Labute approximate surface area is 113 Å². The number of carbonyl (C=O) groups is 1. The zero-order valence-corrected chi connectivity index (χ0v) is 10.7. The van der Waals surface area contributed by atoms with Crippen LogP contribution in [0.1, 0.15) is 6.92 Å². The van der Waals surface area contributed by atoms with Crippen LogP contribution in [0, 0.1) is 0 Å². The molecule has 0 amide bonds. The highest BCUT2D eigenvalue weighted by Crippen LogP contribution is 2.19. The summed E-state index contributed by atoms with van der Waals surface area (Å²) in [7, 11) is 0. The number of anilines is 1. The van der Waals surface area contributed by atoms with Crippen molar-refractivity contribution < 1.29 is 22.7 Å². The average Bonchev–Trinajstić information content (AvgIpc) is 2.31. The van der Waals surface area contributed by atoms with E-state index >= 15 is 0 Å².